The summed E-state index contributed by atoms with van der Waals surface area (Å²) >= 11 is 0. The van der Waals surface area contributed by atoms with Gasteiger partial charge in [0.15, 0.2) is 0 Å². The van der Waals surface area contributed by atoms with E-state index >= 15 is 0 Å². The molecule has 0 aromatic rings. The first kappa shape index (κ1) is 36.2. The number of ether oxygens (including phenoxy) is 2. The van der Waals surface area contributed by atoms with Crippen LogP contribution in [0.3, 0.4) is 0 Å². The Labute approximate surface area is 210 Å². The Morgan fingerprint density at radius 2 is 1.47 bits per heavy atom. The fourth-order valence-electron chi connectivity index (χ4n) is 4.72. The van der Waals surface area contributed by atoms with Crippen molar-refractivity contribution in [1.82, 2.24) is 0 Å². The fraction of sp³-hybridized carbons (Fsp3) is 0.852. The van der Waals surface area contributed by atoms with Crippen molar-refractivity contribution in [2.24, 2.45) is 23.2 Å². The summed E-state index contributed by atoms with van der Waals surface area (Å²) in [5, 5.41) is 0. The first-order valence-corrected chi connectivity index (χ1v) is 12.0. The molecule has 0 spiro atoms. The first-order chi connectivity index (χ1) is 13.8. The van der Waals surface area contributed by atoms with Crippen LogP contribution in [0.15, 0.2) is 0 Å². The van der Waals surface area contributed by atoms with Crippen molar-refractivity contribution in [1.29, 1.82) is 0 Å². The maximum absolute atomic E-state index is 12.6. The number of methoxy groups -OCH3 is 1. The van der Waals surface area contributed by atoms with Gasteiger partial charge in [0, 0.05) is 13.0 Å². The fourth-order valence-corrected chi connectivity index (χ4v) is 4.72. The van der Waals surface area contributed by atoms with Gasteiger partial charge >= 0.3 is 23.0 Å². The summed E-state index contributed by atoms with van der Waals surface area (Å²) in [6.45, 7) is 8.50. The predicted molar refractivity (Wildman–Crippen MR) is 132 cm³/mol. The van der Waals surface area contributed by atoms with E-state index < -0.39 is 5.41 Å². The molecule has 5 heteroatoms. The topological polar surface area (TPSA) is 52.6 Å². The van der Waals surface area contributed by atoms with E-state index in [4.69, 9.17) is 9.47 Å². The zero-order valence-corrected chi connectivity index (χ0v) is 23.2. The van der Waals surface area contributed by atoms with E-state index in [1.165, 1.54) is 57.8 Å². The SMILES string of the molecule is C1CCCC1.CCC(C)(CC(CC(C)C(C)=O)C1CCCC1)C(=O)OCCOC.[CH3-].[CH3-].[Fe+2]. The molecular weight excluding hydrogens is 444 g/mol. The molecule has 0 aliphatic heterocycles. The van der Waals surface area contributed by atoms with E-state index in [0.29, 0.717) is 25.0 Å². The second-order valence-electron chi connectivity index (χ2n) is 9.57. The summed E-state index contributed by atoms with van der Waals surface area (Å²) in [4.78, 5) is 24.3. The summed E-state index contributed by atoms with van der Waals surface area (Å²) in [5.74, 6) is 1.26. The van der Waals surface area contributed by atoms with Crippen LogP contribution in [0.2, 0.25) is 0 Å². The van der Waals surface area contributed by atoms with Crippen LogP contribution >= 0.6 is 0 Å². The third-order valence-corrected chi connectivity index (χ3v) is 7.17. The van der Waals surface area contributed by atoms with Crippen LogP contribution in [0.25, 0.3) is 0 Å². The Morgan fingerprint density at radius 3 is 1.88 bits per heavy atom. The van der Waals surface area contributed by atoms with Crippen LogP contribution in [-0.2, 0) is 36.1 Å². The number of rotatable bonds is 11. The molecule has 0 heterocycles. The Balaban J connectivity index is -0.000000924. The number of Topliss-reactive ketones (excluding diaryl/α,β-unsaturated/α-hetero) is 1. The maximum atomic E-state index is 12.6. The first-order valence-electron chi connectivity index (χ1n) is 12.0. The Kier molecular flexibility index (Phi) is 22.7. The van der Waals surface area contributed by atoms with Gasteiger partial charge in [0.1, 0.15) is 12.4 Å². The molecule has 4 nitrogen and oxygen atoms in total. The zero-order valence-electron chi connectivity index (χ0n) is 22.1. The van der Waals surface area contributed by atoms with E-state index in [2.05, 4.69) is 6.92 Å². The van der Waals surface area contributed by atoms with Crippen LogP contribution < -0.4 is 0 Å². The molecular formula is C27H52FeO4. The van der Waals surface area contributed by atoms with E-state index in [1.807, 2.05) is 13.8 Å². The van der Waals surface area contributed by atoms with Gasteiger partial charge in [0.2, 0.25) is 0 Å². The van der Waals surface area contributed by atoms with Gasteiger partial charge < -0.3 is 24.3 Å². The van der Waals surface area contributed by atoms with Gasteiger partial charge in [-0.05, 0) is 44.9 Å². The van der Waals surface area contributed by atoms with Crippen molar-refractivity contribution in [2.75, 3.05) is 20.3 Å². The zero-order chi connectivity index (χ0) is 21.7. The number of carbonyl (C=O) groups excluding carboxylic acids is 2. The van der Waals surface area contributed by atoms with E-state index in [-0.39, 0.29) is 49.6 Å². The van der Waals surface area contributed by atoms with Crippen molar-refractivity contribution in [3.63, 3.8) is 0 Å². The van der Waals surface area contributed by atoms with Gasteiger partial charge in [0.05, 0.1) is 12.0 Å². The third-order valence-electron chi connectivity index (χ3n) is 7.17. The normalized spacial score (nSPS) is 19.0. The largest absolute Gasteiger partial charge is 2.00 e. The van der Waals surface area contributed by atoms with Crippen molar-refractivity contribution >= 4 is 11.8 Å². The van der Waals surface area contributed by atoms with Gasteiger partial charge in [-0.15, -0.1) is 0 Å². The Hall–Kier alpha value is -0.381. The van der Waals surface area contributed by atoms with Crippen LogP contribution in [0.1, 0.15) is 105 Å². The molecule has 3 atom stereocenters. The summed E-state index contributed by atoms with van der Waals surface area (Å²) in [7, 11) is 1.60. The van der Waals surface area contributed by atoms with Gasteiger partial charge in [-0.25, -0.2) is 0 Å². The molecule has 192 valence electrons. The summed E-state index contributed by atoms with van der Waals surface area (Å²) in [6.07, 6.45) is 15.0. The molecule has 0 radical (unpaired) electrons. The molecule has 32 heavy (non-hydrogen) atoms. The van der Waals surface area contributed by atoms with Gasteiger partial charge in [-0.1, -0.05) is 71.6 Å². The number of ketones is 1. The number of hydrogen-bond donors (Lipinski definition) is 0. The minimum absolute atomic E-state index is 0. The predicted octanol–water partition coefficient (Wildman–Crippen LogP) is 7.25. The van der Waals surface area contributed by atoms with Crippen molar-refractivity contribution in [3.8, 4) is 0 Å². The molecule has 0 aromatic carbocycles. The van der Waals surface area contributed by atoms with Crippen LogP contribution in [-0.4, -0.2) is 32.1 Å². The van der Waals surface area contributed by atoms with E-state index in [0.717, 1.165) is 19.3 Å². The third kappa shape index (κ3) is 13.4. The number of esters is 1. The quantitative estimate of drug-likeness (QED) is 0.131. The summed E-state index contributed by atoms with van der Waals surface area (Å²) in [5.41, 5.74) is -0.475. The average Bonchev–Trinajstić information content (AvgIpc) is 3.43. The van der Waals surface area contributed by atoms with Crippen molar-refractivity contribution < 1.29 is 36.1 Å². The molecule has 0 saturated heterocycles. The number of hydrogen-bond acceptors (Lipinski definition) is 4. The summed E-state index contributed by atoms with van der Waals surface area (Å²) in [6, 6.07) is 0. The Morgan fingerprint density at radius 1 is 0.969 bits per heavy atom. The minimum Gasteiger partial charge on any atom is -0.463 e. The molecule has 2 saturated carbocycles. The van der Waals surface area contributed by atoms with Crippen LogP contribution in [0.5, 0.6) is 0 Å². The molecule has 0 amide bonds. The molecule has 0 bridgehead atoms. The molecule has 3 unspecified atom stereocenters. The Bertz CT molecular complexity index is 465. The summed E-state index contributed by atoms with van der Waals surface area (Å²) < 4.78 is 10.4. The second-order valence-corrected chi connectivity index (χ2v) is 9.57. The standard InChI is InChI=1S/C20H36O4.C5H10.2CH3.Fe/c1-6-20(4,19(22)24-12-11-23-5)14-18(13-15(2)16(3)21)17-9-7-8-10-17;1-2-4-5-3-1;;;/h15,17-18H,6-14H2,1-5H3;1-5H2;2*1H3;/q;;2*-1;+2. The molecule has 2 rings (SSSR count). The molecule has 2 fully saturated rings. The monoisotopic (exact) mass is 496 g/mol. The van der Waals surface area contributed by atoms with E-state index in [9.17, 15) is 9.59 Å². The second kappa shape index (κ2) is 20.0. The van der Waals surface area contributed by atoms with Gasteiger partial charge in [0.25, 0.3) is 0 Å². The van der Waals surface area contributed by atoms with E-state index in [1.54, 1.807) is 14.0 Å². The van der Waals surface area contributed by atoms with Crippen molar-refractivity contribution in [2.45, 2.75) is 105 Å². The maximum Gasteiger partial charge on any atom is 2.00 e. The van der Waals surface area contributed by atoms with Crippen LogP contribution in [0, 0.1) is 38.0 Å². The molecule has 0 N–H and O–H groups in total. The minimum atomic E-state index is -0.475. The van der Waals surface area contributed by atoms with Gasteiger partial charge in [-0.2, -0.15) is 0 Å². The molecule has 0 aromatic heterocycles. The average molecular weight is 497 g/mol. The molecule has 2 aliphatic carbocycles. The number of carbonyl (C=O) groups is 2. The smallest absolute Gasteiger partial charge is 0.463 e. The van der Waals surface area contributed by atoms with Crippen LogP contribution in [0.4, 0.5) is 0 Å². The van der Waals surface area contributed by atoms with Crippen molar-refractivity contribution in [3.05, 3.63) is 14.9 Å². The van der Waals surface area contributed by atoms with Gasteiger partial charge in [-0.3, -0.25) is 9.59 Å². The molecule has 2 aliphatic rings.